The monoisotopic (exact) mass is 567 g/mol. The highest BCUT2D eigenvalue weighted by molar-refractivity contribution is 14.0. The highest BCUT2D eigenvalue weighted by atomic mass is 127. The lowest BCUT2D eigenvalue weighted by Crippen LogP contribution is -2.37. The van der Waals surface area contributed by atoms with Gasteiger partial charge in [0.2, 0.25) is 0 Å². The maximum atomic E-state index is 13.2. The summed E-state index contributed by atoms with van der Waals surface area (Å²) in [4.78, 5) is 6.88. The van der Waals surface area contributed by atoms with Crippen LogP contribution in [-0.2, 0) is 19.4 Å². The number of nitrogens with two attached hydrogens (primary N) is 1. The van der Waals surface area contributed by atoms with Crippen molar-refractivity contribution in [2.45, 2.75) is 32.7 Å². The van der Waals surface area contributed by atoms with Crippen molar-refractivity contribution >= 4 is 47.1 Å². The number of benzene rings is 1. The number of anilines is 1. The van der Waals surface area contributed by atoms with E-state index >= 15 is 0 Å². The zero-order chi connectivity index (χ0) is 22.2. The number of thiophene rings is 1. The van der Waals surface area contributed by atoms with Crippen molar-refractivity contribution in [3.63, 3.8) is 0 Å². The van der Waals surface area contributed by atoms with Crippen molar-refractivity contribution in [2.24, 2.45) is 4.99 Å². The summed E-state index contributed by atoms with van der Waals surface area (Å²) in [5, 5.41) is 20.6. The molecule has 3 aromatic rings. The highest BCUT2D eigenvalue weighted by Gasteiger charge is 2.16. The Balaban J connectivity index is 0.00000363. The first-order valence-corrected chi connectivity index (χ1v) is 10.9. The molecule has 1 aromatic carbocycles. The van der Waals surface area contributed by atoms with Gasteiger partial charge in [-0.25, -0.2) is 9.07 Å². The predicted molar refractivity (Wildman–Crippen MR) is 138 cm³/mol. The van der Waals surface area contributed by atoms with Gasteiger partial charge in [-0.05, 0) is 55.7 Å². The number of aliphatic imine (C=N–C) groups is 1. The van der Waals surface area contributed by atoms with E-state index in [-0.39, 0.29) is 35.6 Å². The summed E-state index contributed by atoms with van der Waals surface area (Å²) >= 11 is 1.80. The molecule has 0 atom stereocenters. The Morgan fingerprint density at radius 2 is 1.94 bits per heavy atom. The average molecular weight is 567 g/mol. The van der Waals surface area contributed by atoms with E-state index in [2.05, 4.69) is 45.9 Å². The van der Waals surface area contributed by atoms with Crippen molar-refractivity contribution < 1.29 is 4.39 Å². The quantitative estimate of drug-likeness (QED) is 0.165. The Kier molecular flexibility index (Phi) is 9.93. The molecule has 32 heavy (non-hydrogen) atoms. The largest absolute Gasteiger partial charge is 0.382 e. The van der Waals surface area contributed by atoms with Crippen LogP contribution in [0.15, 0.2) is 41.4 Å². The summed E-state index contributed by atoms with van der Waals surface area (Å²) in [5.74, 6) is 0.647. The summed E-state index contributed by atoms with van der Waals surface area (Å²) in [6, 6.07) is 12.3. The molecule has 0 saturated carbocycles. The molecule has 0 aliphatic carbocycles. The molecule has 170 valence electrons. The molecule has 0 unspecified atom stereocenters. The molecule has 7 nitrogen and oxygen atoms in total. The third kappa shape index (κ3) is 6.43. The number of rotatable bonds is 8. The molecule has 0 radical (unpaired) electrons. The summed E-state index contributed by atoms with van der Waals surface area (Å²) in [6.45, 7) is 3.54. The lowest BCUT2D eigenvalue weighted by Gasteiger charge is -2.10. The first-order chi connectivity index (χ1) is 15.0. The number of nitrogens with one attached hydrogen (secondary N) is 2. The molecule has 0 bridgehead atoms. The van der Waals surface area contributed by atoms with E-state index in [9.17, 15) is 9.65 Å². The highest BCUT2D eigenvalue weighted by Crippen LogP contribution is 2.21. The van der Waals surface area contributed by atoms with Gasteiger partial charge in [0.1, 0.15) is 23.3 Å². The van der Waals surface area contributed by atoms with Crippen LogP contribution in [0.2, 0.25) is 0 Å². The number of hydrogen-bond acceptors (Lipinski definition) is 5. The van der Waals surface area contributed by atoms with E-state index in [1.165, 1.54) is 26.6 Å². The van der Waals surface area contributed by atoms with Crippen LogP contribution < -0.4 is 16.4 Å². The molecule has 2 heterocycles. The minimum absolute atomic E-state index is 0. The maximum Gasteiger partial charge on any atom is 0.191 e. The van der Waals surface area contributed by atoms with Gasteiger partial charge in [0, 0.05) is 23.3 Å². The zero-order valence-electron chi connectivity index (χ0n) is 18.1. The second kappa shape index (κ2) is 12.4. The van der Waals surface area contributed by atoms with Gasteiger partial charge >= 0.3 is 0 Å². The number of guanidine groups is 1. The second-order valence-corrected chi connectivity index (χ2v) is 8.14. The number of halogens is 2. The number of nitriles is 1. The molecule has 0 saturated heterocycles. The third-order valence-corrected chi connectivity index (χ3v) is 6.01. The second-order valence-electron chi connectivity index (χ2n) is 6.88. The van der Waals surface area contributed by atoms with Crippen molar-refractivity contribution in [3.8, 4) is 11.8 Å². The molecule has 0 aliphatic heterocycles. The minimum Gasteiger partial charge on any atom is -0.382 e. The van der Waals surface area contributed by atoms with Crippen LogP contribution in [-0.4, -0.2) is 29.3 Å². The van der Waals surface area contributed by atoms with Gasteiger partial charge < -0.3 is 16.4 Å². The van der Waals surface area contributed by atoms with Crippen molar-refractivity contribution in [3.05, 3.63) is 63.2 Å². The van der Waals surface area contributed by atoms with Crippen LogP contribution in [0, 0.1) is 17.1 Å². The van der Waals surface area contributed by atoms with Crippen LogP contribution in [0.3, 0.4) is 0 Å². The number of aryl methyl sites for hydroxylation is 2. The van der Waals surface area contributed by atoms with Crippen LogP contribution in [0.1, 0.15) is 34.4 Å². The molecule has 0 amide bonds. The van der Waals surface area contributed by atoms with Gasteiger partial charge in [0.05, 0.1) is 17.9 Å². The van der Waals surface area contributed by atoms with E-state index in [0.29, 0.717) is 29.9 Å². The molecule has 4 N–H and O–H groups in total. The first kappa shape index (κ1) is 25.6. The van der Waals surface area contributed by atoms with Crippen LogP contribution in [0.25, 0.3) is 5.69 Å². The minimum atomic E-state index is -0.340. The van der Waals surface area contributed by atoms with Crippen LogP contribution in [0.4, 0.5) is 10.2 Å². The molecule has 0 fully saturated rings. The van der Waals surface area contributed by atoms with E-state index in [4.69, 9.17) is 5.73 Å². The van der Waals surface area contributed by atoms with E-state index < -0.39 is 0 Å². The van der Waals surface area contributed by atoms with Crippen LogP contribution >= 0.6 is 35.3 Å². The average Bonchev–Trinajstić information content (AvgIpc) is 3.37. The molecule has 10 heteroatoms. The van der Waals surface area contributed by atoms with Gasteiger partial charge in [0.15, 0.2) is 5.96 Å². The molecule has 3 rings (SSSR count). The Bertz CT molecular complexity index is 1080. The van der Waals surface area contributed by atoms with Gasteiger partial charge in [-0.1, -0.05) is 6.92 Å². The Morgan fingerprint density at radius 1 is 1.22 bits per heavy atom. The van der Waals surface area contributed by atoms with Crippen LogP contribution in [0.5, 0.6) is 0 Å². The maximum absolute atomic E-state index is 13.2. The number of nitrogen functional groups attached to an aromatic ring is 1. The molecule has 0 spiro atoms. The molecule has 2 aromatic heterocycles. The van der Waals surface area contributed by atoms with Crippen molar-refractivity contribution in [1.82, 2.24) is 20.4 Å². The summed E-state index contributed by atoms with van der Waals surface area (Å²) in [7, 11) is 1.74. The Labute approximate surface area is 208 Å². The lowest BCUT2D eigenvalue weighted by molar-refractivity contribution is 0.627. The number of aromatic nitrogens is 2. The van der Waals surface area contributed by atoms with Crippen molar-refractivity contribution in [2.75, 3.05) is 19.3 Å². The molecular formula is C22H27FIN7S. The standard InChI is InChI=1S/C22H26FN7S.HI/c1-3-17-10-11-18(31-17)14-28-22(26-2)27-12-4-5-20-19(13-24)21(25)30(29-20)16-8-6-15(23)7-9-16;/h6-11H,3-5,12,14,25H2,1-2H3,(H2,26,27,28);1H. The van der Waals surface area contributed by atoms with Gasteiger partial charge in [-0.15, -0.1) is 35.3 Å². The zero-order valence-corrected chi connectivity index (χ0v) is 21.2. The fourth-order valence-electron chi connectivity index (χ4n) is 3.12. The van der Waals surface area contributed by atoms with Crippen molar-refractivity contribution in [1.29, 1.82) is 5.26 Å². The fraction of sp³-hybridized carbons (Fsp3) is 0.318. The van der Waals surface area contributed by atoms with E-state index in [0.717, 1.165) is 25.3 Å². The molecular weight excluding hydrogens is 540 g/mol. The Hall–Kier alpha value is -2.65. The SMILES string of the molecule is CCc1ccc(CNC(=NC)NCCCc2nn(-c3ccc(F)cc3)c(N)c2C#N)s1.I. The summed E-state index contributed by atoms with van der Waals surface area (Å²) in [6.07, 6.45) is 2.37. The third-order valence-electron chi connectivity index (χ3n) is 4.78. The van der Waals surface area contributed by atoms with Gasteiger partial charge in [-0.2, -0.15) is 10.4 Å². The molecule has 0 aliphatic rings. The summed E-state index contributed by atoms with van der Waals surface area (Å²) < 4.78 is 14.7. The fourth-order valence-corrected chi connectivity index (χ4v) is 4.01. The smallest absolute Gasteiger partial charge is 0.191 e. The topological polar surface area (TPSA) is 104 Å². The predicted octanol–water partition coefficient (Wildman–Crippen LogP) is 4.00. The summed E-state index contributed by atoms with van der Waals surface area (Å²) in [5.41, 5.74) is 7.70. The van der Waals surface area contributed by atoms with Gasteiger partial charge in [0.25, 0.3) is 0 Å². The normalized spacial score (nSPS) is 11.0. The number of nitrogens with zero attached hydrogens (tertiary/aromatic N) is 4. The first-order valence-electron chi connectivity index (χ1n) is 10.1. The van der Waals surface area contributed by atoms with E-state index in [1.807, 2.05) is 0 Å². The Morgan fingerprint density at radius 3 is 2.56 bits per heavy atom. The van der Waals surface area contributed by atoms with E-state index in [1.54, 1.807) is 30.5 Å². The number of hydrogen-bond donors (Lipinski definition) is 3. The lowest BCUT2D eigenvalue weighted by atomic mass is 10.1. The van der Waals surface area contributed by atoms with Gasteiger partial charge in [-0.3, -0.25) is 4.99 Å².